The van der Waals surface area contributed by atoms with Crippen molar-refractivity contribution in [1.29, 1.82) is 0 Å². The van der Waals surface area contributed by atoms with E-state index in [1.807, 2.05) is 30.5 Å². The van der Waals surface area contributed by atoms with Crippen molar-refractivity contribution in [3.05, 3.63) is 66.7 Å². The second-order valence-corrected chi connectivity index (χ2v) is 5.89. The van der Waals surface area contributed by atoms with Gasteiger partial charge in [0.2, 0.25) is 0 Å². The Balaban J connectivity index is 2.07. The lowest BCUT2D eigenvalue weighted by Gasteiger charge is -2.10. The third kappa shape index (κ3) is 2.14. The minimum Gasteiger partial charge on any atom is -0.243 e. The molecule has 0 unspecified atom stereocenters. The zero-order valence-electron chi connectivity index (χ0n) is 12.2. The van der Waals surface area contributed by atoms with E-state index in [1.165, 1.54) is 10.8 Å². The van der Waals surface area contributed by atoms with E-state index >= 15 is 0 Å². The maximum atomic E-state index is 4.88. The predicted octanol–water partition coefficient (Wildman–Crippen LogP) is 5.17. The fraction of sp³-hybridized carbons (Fsp3) is 0.0526. The van der Waals surface area contributed by atoms with Gasteiger partial charge in [0.15, 0.2) is 0 Å². The van der Waals surface area contributed by atoms with E-state index in [0.29, 0.717) is 0 Å². The third-order valence-electron chi connectivity index (χ3n) is 3.78. The zero-order valence-corrected chi connectivity index (χ0v) is 13.0. The van der Waals surface area contributed by atoms with Gasteiger partial charge >= 0.3 is 0 Å². The Morgan fingerprint density at radius 2 is 1.41 bits per heavy atom. The highest BCUT2D eigenvalue weighted by molar-refractivity contribution is 7.98. The number of aromatic nitrogens is 2. The number of para-hydroxylation sites is 2. The van der Waals surface area contributed by atoms with Gasteiger partial charge in [-0.25, -0.2) is 9.97 Å². The van der Waals surface area contributed by atoms with Gasteiger partial charge in [0.05, 0.1) is 11.0 Å². The minimum absolute atomic E-state index is 0.934. The number of rotatable bonds is 2. The molecule has 0 N–H and O–H groups in total. The second kappa shape index (κ2) is 5.43. The van der Waals surface area contributed by atoms with Crippen LogP contribution in [0.3, 0.4) is 0 Å². The van der Waals surface area contributed by atoms with E-state index in [9.17, 15) is 0 Å². The van der Waals surface area contributed by atoms with Gasteiger partial charge in [-0.3, -0.25) is 0 Å². The van der Waals surface area contributed by atoms with Crippen LogP contribution in [0, 0.1) is 0 Å². The van der Waals surface area contributed by atoms with Crippen molar-refractivity contribution in [2.75, 3.05) is 6.26 Å². The quantitative estimate of drug-likeness (QED) is 0.478. The number of hydrogen-bond donors (Lipinski definition) is 0. The normalized spacial score (nSPS) is 11.1. The highest BCUT2D eigenvalue weighted by Gasteiger charge is 2.12. The number of thioether (sulfide) groups is 1. The highest BCUT2D eigenvalue weighted by Crippen LogP contribution is 2.33. The van der Waals surface area contributed by atoms with Crippen molar-refractivity contribution in [2.45, 2.75) is 5.03 Å². The molecule has 0 aliphatic rings. The summed E-state index contributed by atoms with van der Waals surface area (Å²) < 4.78 is 0. The van der Waals surface area contributed by atoms with Gasteiger partial charge in [-0.05, 0) is 29.2 Å². The van der Waals surface area contributed by atoms with Gasteiger partial charge in [0.1, 0.15) is 10.7 Å². The molecule has 0 saturated heterocycles. The Bertz CT molecular complexity index is 974. The van der Waals surface area contributed by atoms with Crippen LogP contribution >= 0.6 is 11.8 Å². The molecule has 0 aliphatic carbocycles. The summed E-state index contributed by atoms with van der Waals surface area (Å²) in [5.74, 6) is 0. The fourth-order valence-electron chi connectivity index (χ4n) is 2.73. The first-order valence-electron chi connectivity index (χ1n) is 7.16. The van der Waals surface area contributed by atoms with Crippen LogP contribution in [0.2, 0.25) is 0 Å². The lowest BCUT2D eigenvalue weighted by molar-refractivity contribution is 1.13. The first kappa shape index (κ1) is 13.3. The molecule has 0 radical (unpaired) electrons. The molecule has 0 aliphatic heterocycles. The molecule has 2 nitrogen and oxygen atoms in total. The molecule has 0 amide bonds. The molecule has 4 rings (SSSR count). The lowest BCUT2D eigenvalue weighted by Crippen LogP contribution is -1.94. The lowest BCUT2D eigenvalue weighted by atomic mass is 10.0. The van der Waals surface area contributed by atoms with Gasteiger partial charge < -0.3 is 0 Å². The van der Waals surface area contributed by atoms with E-state index in [1.54, 1.807) is 11.8 Å². The monoisotopic (exact) mass is 302 g/mol. The number of fused-ring (bicyclic) bond motifs is 2. The van der Waals surface area contributed by atoms with Crippen LogP contribution in [-0.4, -0.2) is 16.2 Å². The van der Waals surface area contributed by atoms with Crippen LogP contribution in [0.4, 0.5) is 0 Å². The predicted molar refractivity (Wildman–Crippen MR) is 94.3 cm³/mol. The summed E-state index contributed by atoms with van der Waals surface area (Å²) in [4.78, 5) is 9.66. The Kier molecular flexibility index (Phi) is 3.28. The third-order valence-corrected chi connectivity index (χ3v) is 4.45. The Labute approximate surface area is 133 Å². The molecule has 22 heavy (non-hydrogen) atoms. The molecule has 4 aromatic rings. The van der Waals surface area contributed by atoms with Crippen molar-refractivity contribution < 1.29 is 0 Å². The van der Waals surface area contributed by atoms with E-state index in [0.717, 1.165) is 27.3 Å². The first-order valence-corrected chi connectivity index (χ1v) is 8.38. The topological polar surface area (TPSA) is 25.8 Å². The van der Waals surface area contributed by atoms with Gasteiger partial charge in [-0.1, -0.05) is 54.6 Å². The van der Waals surface area contributed by atoms with Crippen molar-refractivity contribution in [3.8, 4) is 11.3 Å². The molecule has 0 spiro atoms. The van der Waals surface area contributed by atoms with Gasteiger partial charge in [-0.15, -0.1) is 11.8 Å². The smallest absolute Gasteiger partial charge is 0.123 e. The summed E-state index contributed by atoms with van der Waals surface area (Å²) in [6.07, 6.45) is 2.05. The molecule has 106 valence electrons. The van der Waals surface area contributed by atoms with Crippen LogP contribution in [0.25, 0.3) is 33.1 Å². The fourth-order valence-corrected chi connectivity index (χ4v) is 3.27. The number of hydrogen-bond acceptors (Lipinski definition) is 3. The summed E-state index contributed by atoms with van der Waals surface area (Å²) in [5.41, 5.74) is 3.97. The maximum absolute atomic E-state index is 4.88. The van der Waals surface area contributed by atoms with E-state index < -0.39 is 0 Å². The van der Waals surface area contributed by atoms with Crippen LogP contribution < -0.4 is 0 Å². The minimum atomic E-state index is 0.934. The molecule has 0 bridgehead atoms. The molecule has 0 atom stereocenters. The van der Waals surface area contributed by atoms with Crippen molar-refractivity contribution in [2.24, 2.45) is 0 Å². The van der Waals surface area contributed by atoms with Crippen LogP contribution in [0.1, 0.15) is 0 Å². The second-order valence-electron chi connectivity index (χ2n) is 5.10. The molecule has 1 aromatic heterocycles. The summed E-state index contributed by atoms with van der Waals surface area (Å²) in [5, 5.41) is 3.40. The van der Waals surface area contributed by atoms with Gasteiger partial charge in [-0.2, -0.15) is 0 Å². The maximum Gasteiger partial charge on any atom is 0.123 e. The van der Waals surface area contributed by atoms with Crippen LogP contribution in [0.5, 0.6) is 0 Å². The van der Waals surface area contributed by atoms with Gasteiger partial charge in [0.25, 0.3) is 0 Å². The average molecular weight is 302 g/mol. The number of nitrogens with zero attached hydrogens (tertiary/aromatic N) is 2. The first-order chi connectivity index (χ1) is 10.9. The molecular weight excluding hydrogens is 288 g/mol. The molecule has 1 heterocycles. The van der Waals surface area contributed by atoms with Crippen molar-refractivity contribution >= 4 is 33.6 Å². The molecular formula is C19H14N2S. The molecule has 3 heteroatoms. The highest BCUT2D eigenvalue weighted by atomic mass is 32.2. The summed E-state index contributed by atoms with van der Waals surface area (Å²) in [6, 6.07) is 22.8. The van der Waals surface area contributed by atoms with Crippen molar-refractivity contribution in [1.82, 2.24) is 9.97 Å². The summed E-state index contributed by atoms with van der Waals surface area (Å²) >= 11 is 1.64. The van der Waals surface area contributed by atoms with Crippen molar-refractivity contribution in [3.63, 3.8) is 0 Å². The van der Waals surface area contributed by atoms with E-state index in [2.05, 4.69) is 42.5 Å². The Morgan fingerprint density at radius 3 is 2.23 bits per heavy atom. The van der Waals surface area contributed by atoms with E-state index in [-0.39, 0.29) is 0 Å². The molecule has 0 fully saturated rings. The molecule has 3 aromatic carbocycles. The zero-order chi connectivity index (χ0) is 14.9. The van der Waals surface area contributed by atoms with Crippen LogP contribution in [0.15, 0.2) is 71.8 Å². The summed E-state index contributed by atoms with van der Waals surface area (Å²) in [7, 11) is 0. The Morgan fingerprint density at radius 1 is 0.727 bits per heavy atom. The average Bonchev–Trinajstić information content (AvgIpc) is 2.60. The Hall–Kier alpha value is -2.39. The number of benzene rings is 3. The standard InChI is InChI=1S/C19H14N2S/c1-22-19-18(20-16-11-4-5-12-17(16)21-19)15-10-6-8-13-7-2-3-9-14(13)15/h2-12H,1H3. The SMILES string of the molecule is CSc1nc2ccccc2nc1-c1cccc2ccccc12. The molecule has 0 saturated carbocycles. The summed E-state index contributed by atoms with van der Waals surface area (Å²) in [6.45, 7) is 0. The largest absolute Gasteiger partial charge is 0.243 e. The van der Waals surface area contributed by atoms with Crippen LogP contribution in [-0.2, 0) is 0 Å². The van der Waals surface area contributed by atoms with E-state index in [4.69, 9.17) is 9.97 Å². The van der Waals surface area contributed by atoms with Gasteiger partial charge in [0, 0.05) is 5.56 Å².